The van der Waals surface area contributed by atoms with Gasteiger partial charge >= 0.3 is 0 Å². The molecule has 0 saturated carbocycles. The second-order valence-corrected chi connectivity index (χ2v) is 3.46. The van der Waals surface area contributed by atoms with E-state index in [0.717, 1.165) is 11.2 Å². The molecule has 15 heavy (non-hydrogen) atoms. The van der Waals surface area contributed by atoms with Crippen molar-refractivity contribution in [3.8, 4) is 0 Å². The van der Waals surface area contributed by atoms with Gasteiger partial charge < -0.3 is 9.72 Å². The summed E-state index contributed by atoms with van der Waals surface area (Å²) in [6.45, 7) is 4.50. The summed E-state index contributed by atoms with van der Waals surface area (Å²) in [5.74, 6) is -0.126. The number of amides is 1. The first-order valence-corrected chi connectivity index (χ1v) is 4.94. The Morgan fingerprint density at radius 3 is 3.13 bits per heavy atom. The summed E-state index contributed by atoms with van der Waals surface area (Å²) in [4.78, 5) is 15.8. The van der Waals surface area contributed by atoms with Crippen LogP contribution in [-0.2, 0) is 0 Å². The molecule has 0 aromatic carbocycles. The smallest absolute Gasteiger partial charge is 0.271 e. The van der Waals surface area contributed by atoms with Crippen molar-refractivity contribution in [1.29, 1.82) is 0 Å². The lowest BCUT2D eigenvalue weighted by Gasteiger charge is -1.95. The normalized spacial score (nSPS) is 10.5. The van der Waals surface area contributed by atoms with E-state index in [2.05, 4.69) is 10.3 Å². The molecule has 2 heterocycles. The maximum atomic E-state index is 11.5. The highest BCUT2D eigenvalue weighted by molar-refractivity contribution is 5.92. The zero-order valence-corrected chi connectivity index (χ0v) is 8.82. The Morgan fingerprint density at radius 2 is 2.40 bits per heavy atom. The first-order chi connectivity index (χ1) is 7.20. The Hall–Kier alpha value is -1.84. The third kappa shape index (κ3) is 1.83. The van der Waals surface area contributed by atoms with Crippen molar-refractivity contribution in [3.05, 3.63) is 35.8 Å². The molecule has 1 amide bonds. The molecule has 0 aliphatic heterocycles. The minimum Gasteiger partial charge on any atom is -0.351 e. The number of pyridine rings is 1. The van der Waals surface area contributed by atoms with E-state index >= 15 is 0 Å². The van der Waals surface area contributed by atoms with Gasteiger partial charge in [0, 0.05) is 18.9 Å². The molecule has 0 aliphatic rings. The first-order valence-electron chi connectivity index (χ1n) is 4.94. The molecule has 0 spiro atoms. The lowest BCUT2D eigenvalue weighted by molar-refractivity contribution is 0.0951. The Labute approximate surface area is 87.9 Å². The van der Waals surface area contributed by atoms with Crippen molar-refractivity contribution < 1.29 is 4.79 Å². The Kier molecular flexibility index (Phi) is 2.41. The van der Waals surface area contributed by atoms with Gasteiger partial charge in [-0.1, -0.05) is 0 Å². The zero-order chi connectivity index (χ0) is 10.8. The van der Waals surface area contributed by atoms with E-state index in [4.69, 9.17) is 0 Å². The lowest BCUT2D eigenvalue weighted by Crippen LogP contribution is -2.22. The van der Waals surface area contributed by atoms with E-state index in [1.807, 2.05) is 36.6 Å². The number of fused-ring (bicyclic) bond motifs is 1. The molecule has 4 nitrogen and oxygen atoms in total. The summed E-state index contributed by atoms with van der Waals surface area (Å²) >= 11 is 0. The van der Waals surface area contributed by atoms with Gasteiger partial charge in [0.25, 0.3) is 5.91 Å². The lowest BCUT2D eigenvalue weighted by atomic mass is 10.3. The van der Waals surface area contributed by atoms with Crippen molar-refractivity contribution in [3.63, 3.8) is 0 Å². The van der Waals surface area contributed by atoms with Crippen molar-refractivity contribution >= 4 is 11.6 Å². The van der Waals surface area contributed by atoms with Gasteiger partial charge in [0.2, 0.25) is 0 Å². The number of nitrogens with zero attached hydrogens (tertiary/aromatic N) is 2. The van der Waals surface area contributed by atoms with Crippen LogP contribution in [0.25, 0.3) is 5.65 Å². The Balaban J connectivity index is 2.42. The minimum atomic E-state index is -0.126. The summed E-state index contributed by atoms with van der Waals surface area (Å²) in [5.41, 5.74) is 2.40. The van der Waals surface area contributed by atoms with Crippen molar-refractivity contribution in [1.82, 2.24) is 14.7 Å². The van der Waals surface area contributed by atoms with Crippen LogP contribution in [0.15, 0.2) is 24.5 Å². The summed E-state index contributed by atoms with van der Waals surface area (Å²) in [7, 11) is 0. The quantitative estimate of drug-likeness (QED) is 0.801. The summed E-state index contributed by atoms with van der Waals surface area (Å²) in [5, 5.41) is 2.72. The maximum Gasteiger partial charge on any atom is 0.271 e. The van der Waals surface area contributed by atoms with Gasteiger partial charge in [-0.25, -0.2) is 4.98 Å². The number of aromatic nitrogens is 2. The largest absolute Gasteiger partial charge is 0.351 e. The highest BCUT2D eigenvalue weighted by Gasteiger charge is 2.08. The number of rotatable bonds is 2. The number of imidazole rings is 1. The molecule has 1 N–H and O–H groups in total. The summed E-state index contributed by atoms with van der Waals surface area (Å²) in [6.07, 6.45) is 3.64. The number of aryl methyl sites for hydroxylation is 1. The van der Waals surface area contributed by atoms with E-state index < -0.39 is 0 Å². The topological polar surface area (TPSA) is 46.4 Å². The average Bonchev–Trinajstić information content (AvgIpc) is 2.60. The molecule has 0 aliphatic carbocycles. The SMILES string of the molecule is CCNC(=O)c1cn2ccc(C)cc2n1. The number of hydrogen-bond acceptors (Lipinski definition) is 2. The standard InChI is InChI=1S/C11H13N3O/c1-3-12-11(15)9-7-14-5-4-8(2)6-10(14)13-9/h4-7H,3H2,1-2H3,(H,12,15). The van der Waals surface area contributed by atoms with Crippen LogP contribution in [0.3, 0.4) is 0 Å². The number of carbonyl (C=O) groups is 1. The predicted molar refractivity (Wildman–Crippen MR) is 57.9 cm³/mol. The number of carbonyl (C=O) groups excluding carboxylic acids is 1. The first kappa shape index (κ1) is 9.71. The van der Waals surface area contributed by atoms with Crippen LogP contribution in [-0.4, -0.2) is 21.8 Å². The molecule has 0 atom stereocenters. The Morgan fingerprint density at radius 1 is 1.60 bits per heavy atom. The highest BCUT2D eigenvalue weighted by Crippen LogP contribution is 2.07. The molecule has 0 saturated heterocycles. The fourth-order valence-electron chi connectivity index (χ4n) is 1.44. The van der Waals surface area contributed by atoms with Gasteiger partial charge in [0.15, 0.2) is 0 Å². The van der Waals surface area contributed by atoms with Crippen molar-refractivity contribution in [2.45, 2.75) is 13.8 Å². The third-order valence-corrected chi connectivity index (χ3v) is 2.19. The van der Waals surface area contributed by atoms with E-state index in [-0.39, 0.29) is 5.91 Å². The molecule has 2 aromatic rings. The fraction of sp³-hybridized carbons (Fsp3) is 0.273. The molecule has 0 unspecified atom stereocenters. The molecule has 4 heteroatoms. The third-order valence-electron chi connectivity index (χ3n) is 2.19. The van der Waals surface area contributed by atoms with Gasteiger partial charge in [-0.3, -0.25) is 4.79 Å². The van der Waals surface area contributed by atoms with Gasteiger partial charge in [0.1, 0.15) is 11.3 Å². The average molecular weight is 203 g/mol. The van der Waals surface area contributed by atoms with E-state index in [1.165, 1.54) is 0 Å². The van der Waals surface area contributed by atoms with Crippen molar-refractivity contribution in [2.75, 3.05) is 6.54 Å². The van der Waals surface area contributed by atoms with E-state index in [9.17, 15) is 4.79 Å². The molecule has 2 rings (SSSR count). The van der Waals surface area contributed by atoms with Crippen molar-refractivity contribution in [2.24, 2.45) is 0 Å². The van der Waals surface area contributed by atoms with E-state index in [0.29, 0.717) is 12.2 Å². The van der Waals surface area contributed by atoms with Crippen LogP contribution in [0.2, 0.25) is 0 Å². The highest BCUT2D eigenvalue weighted by atomic mass is 16.1. The molecular formula is C11H13N3O. The number of hydrogen-bond donors (Lipinski definition) is 1. The fourth-order valence-corrected chi connectivity index (χ4v) is 1.44. The molecule has 78 valence electrons. The van der Waals surface area contributed by atoms with Crippen LogP contribution in [0.5, 0.6) is 0 Å². The molecule has 0 bridgehead atoms. The molecule has 0 radical (unpaired) electrons. The van der Waals surface area contributed by atoms with Crippen LogP contribution >= 0.6 is 0 Å². The van der Waals surface area contributed by atoms with Gasteiger partial charge in [-0.05, 0) is 31.5 Å². The minimum absolute atomic E-state index is 0.126. The summed E-state index contributed by atoms with van der Waals surface area (Å²) < 4.78 is 1.84. The van der Waals surface area contributed by atoms with Crippen LogP contribution in [0, 0.1) is 6.92 Å². The second-order valence-electron chi connectivity index (χ2n) is 3.46. The summed E-state index contributed by atoms with van der Waals surface area (Å²) in [6, 6.07) is 3.93. The monoisotopic (exact) mass is 203 g/mol. The van der Waals surface area contributed by atoms with Gasteiger partial charge in [0.05, 0.1) is 0 Å². The molecule has 0 fully saturated rings. The van der Waals surface area contributed by atoms with Crippen LogP contribution in [0.1, 0.15) is 23.0 Å². The van der Waals surface area contributed by atoms with Gasteiger partial charge in [-0.2, -0.15) is 0 Å². The molecule has 2 aromatic heterocycles. The number of nitrogens with one attached hydrogen (secondary N) is 1. The second kappa shape index (κ2) is 3.73. The van der Waals surface area contributed by atoms with Crippen LogP contribution in [0.4, 0.5) is 0 Å². The Bertz CT molecular complexity index is 502. The van der Waals surface area contributed by atoms with E-state index in [1.54, 1.807) is 6.20 Å². The van der Waals surface area contributed by atoms with Crippen LogP contribution < -0.4 is 5.32 Å². The molecular weight excluding hydrogens is 190 g/mol. The van der Waals surface area contributed by atoms with Gasteiger partial charge in [-0.15, -0.1) is 0 Å². The maximum absolute atomic E-state index is 11.5. The zero-order valence-electron chi connectivity index (χ0n) is 8.82. The predicted octanol–water partition coefficient (Wildman–Crippen LogP) is 1.39.